The van der Waals surface area contributed by atoms with Gasteiger partial charge in [0.15, 0.2) is 0 Å². The minimum atomic E-state index is -0.956. The monoisotopic (exact) mass is 332 g/mol. The van der Waals surface area contributed by atoms with Gasteiger partial charge in [-0.25, -0.2) is 4.39 Å². The average Bonchev–Trinajstić information content (AvgIpc) is 2.25. The van der Waals surface area contributed by atoms with Crippen LogP contribution in [0.5, 0.6) is 0 Å². The highest BCUT2D eigenvalue weighted by Gasteiger charge is 2.31. The summed E-state index contributed by atoms with van der Waals surface area (Å²) in [6, 6.07) is 2.85. The summed E-state index contributed by atoms with van der Waals surface area (Å²) in [4.78, 5) is 12.1. The lowest BCUT2D eigenvalue weighted by atomic mass is 9.92. The third-order valence-electron chi connectivity index (χ3n) is 2.70. The minimum absolute atomic E-state index is 0.110. The molecule has 6 heteroatoms. The van der Waals surface area contributed by atoms with Crippen LogP contribution in [0.3, 0.4) is 0 Å². The molecule has 0 aliphatic rings. The highest BCUT2D eigenvalue weighted by atomic mass is 79.9. The Morgan fingerprint density at radius 2 is 2.06 bits per heavy atom. The molecule has 3 nitrogen and oxygen atoms in total. The first-order valence-corrected chi connectivity index (χ1v) is 6.43. The fourth-order valence-corrected chi connectivity index (χ4v) is 1.61. The number of nitrogens with two attached hydrogens (primary N) is 1. The number of carbonyl (C=O) groups excluding carboxylic acids is 1. The summed E-state index contributed by atoms with van der Waals surface area (Å²) >= 11 is 7.92. The second-order valence-corrected chi connectivity index (χ2v) is 5.82. The Bertz CT molecular complexity index is 517. The summed E-state index contributed by atoms with van der Waals surface area (Å²) < 4.78 is 13.5. The molecule has 0 aromatic heterocycles. The molecule has 0 fully saturated rings. The maximum atomic E-state index is 13.3. The van der Waals surface area contributed by atoms with E-state index in [-0.39, 0.29) is 21.2 Å². The van der Waals surface area contributed by atoms with Gasteiger partial charge in [0.1, 0.15) is 5.82 Å². The molecule has 98 valence electrons. The molecule has 0 radical (unpaired) electrons. The van der Waals surface area contributed by atoms with Crippen molar-refractivity contribution in [3.8, 4) is 0 Å². The zero-order valence-corrected chi connectivity index (χ0v) is 12.7. The van der Waals surface area contributed by atoms with Crippen LogP contribution in [0, 0.1) is 18.2 Å². The van der Waals surface area contributed by atoms with Crippen molar-refractivity contribution in [2.24, 2.45) is 11.1 Å². The van der Waals surface area contributed by atoms with E-state index >= 15 is 0 Å². The second kappa shape index (κ2) is 5.32. The molecule has 18 heavy (non-hydrogen) atoms. The van der Waals surface area contributed by atoms with Gasteiger partial charge in [0.05, 0.1) is 14.9 Å². The van der Waals surface area contributed by atoms with E-state index in [0.717, 1.165) is 0 Å². The molecule has 1 aromatic rings. The molecular weight excluding hydrogens is 319 g/mol. The average molecular weight is 333 g/mol. The molecule has 0 bridgehead atoms. The summed E-state index contributed by atoms with van der Waals surface area (Å²) in [5, 5.41) is 2.70. The van der Waals surface area contributed by atoms with Crippen LogP contribution in [0.4, 0.5) is 10.1 Å². The van der Waals surface area contributed by atoms with Gasteiger partial charge < -0.3 is 11.1 Å². The second-order valence-electron chi connectivity index (χ2n) is 4.52. The van der Waals surface area contributed by atoms with Crippen LogP contribution in [-0.2, 0) is 4.79 Å². The van der Waals surface area contributed by atoms with Crippen LogP contribution >= 0.6 is 28.1 Å². The fourth-order valence-electron chi connectivity index (χ4n) is 1.17. The maximum Gasteiger partial charge on any atom is 0.236 e. The summed E-state index contributed by atoms with van der Waals surface area (Å²) in [5.41, 5.74) is 5.72. The Labute approximate surface area is 119 Å². The van der Waals surface area contributed by atoms with E-state index in [1.807, 2.05) is 0 Å². The van der Waals surface area contributed by atoms with Crippen molar-refractivity contribution in [3.63, 3.8) is 0 Å². The number of hydrogen-bond acceptors (Lipinski definition) is 2. The third-order valence-corrected chi connectivity index (χ3v) is 3.82. The highest BCUT2D eigenvalue weighted by molar-refractivity contribution is 9.10. The predicted molar refractivity (Wildman–Crippen MR) is 78.0 cm³/mol. The van der Waals surface area contributed by atoms with Crippen LogP contribution in [0.2, 0.25) is 0 Å². The molecule has 1 amide bonds. The van der Waals surface area contributed by atoms with E-state index in [2.05, 4.69) is 21.2 Å². The van der Waals surface area contributed by atoms with Gasteiger partial charge in [-0.05, 0) is 54.4 Å². The van der Waals surface area contributed by atoms with E-state index in [0.29, 0.717) is 11.3 Å². The van der Waals surface area contributed by atoms with Crippen molar-refractivity contribution in [3.05, 3.63) is 28.0 Å². The van der Waals surface area contributed by atoms with Gasteiger partial charge in [0, 0.05) is 5.69 Å². The zero-order valence-electron chi connectivity index (χ0n) is 10.3. The quantitative estimate of drug-likeness (QED) is 0.836. The number of nitrogens with one attached hydrogen (secondary N) is 1. The van der Waals surface area contributed by atoms with Crippen molar-refractivity contribution in [2.75, 3.05) is 5.32 Å². The molecule has 0 atom stereocenters. The lowest BCUT2D eigenvalue weighted by Gasteiger charge is -2.22. The first-order valence-electron chi connectivity index (χ1n) is 5.23. The Hall–Kier alpha value is -1.01. The number of thiocarbonyl (C=S) groups is 1. The lowest BCUT2D eigenvalue weighted by Crippen LogP contribution is -2.41. The standard InChI is InChI=1S/C12H14BrFN2OS/c1-6-4-8(14)7(13)5-9(6)16-11(17)12(2,3)10(15)18/h4-5H,1-3H3,(H2,15,18)(H,16,17). The van der Waals surface area contributed by atoms with Crippen LogP contribution in [-0.4, -0.2) is 10.9 Å². The summed E-state index contributed by atoms with van der Waals surface area (Å²) in [6.07, 6.45) is 0. The molecule has 0 heterocycles. The Balaban J connectivity index is 3.03. The zero-order chi connectivity index (χ0) is 14.1. The van der Waals surface area contributed by atoms with Crippen LogP contribution in [0.1, 0.15) is 19.4 Å². The van der Waals surface area contributed by atoms with Gasteiger partial charge in [0.25, 0.3) is 0 Å². The number of halogens is 2. The first kappa shape index (κ1) is 15.0. The number of rotatable bonds is 3. The van der Waals surface area contributed by atoms with E-state index in [1.54, 1.807) is 20.8 Å². The van der Waals surface area contributed by atoms with Gasteiger partial charge in [-0.3, -0.25) is 4.79 Å². The normalized spacial score (nSPS) is 11.2. The summed E-state index contributed by atoms with van der Waals surface area (Å²) in [5.74, 6) is -0.698. The first-order chi connectivity index (χ1) is 8.16. The van der Waals surface area contributed by atoms with Crippen LogP contribution < -0.4 is 11.1 Å². The van der Waals surface area contributed by atoms with E-state index in [4.69, 9.17) is 18.0 Å². The molecular formula is C12H14BrFN2OS. The third kappa shape index (κ3) is 3.05. The van der Waals surface area contributed by atoms with Crippen molar-refractivity contribution < 1.29 is 9.18 Å². The molecule has 0 saturated heterocycles. The SMILES string of the molecule is Cc1cc(F)c(Br)cc1NC(=O)C(C)(C)C(N)=S. The van der Waals surface area contributed by atoms with Gasteiger partial charge >= 0.3 is 0 Å². The topological polar surface area (TPSA) is 55.1 Å². The van der Waals surface area contributed by atoms with Crippen molar-refractivity contribution >= 4 is 44.7 Å². The molecule has 3 N–H and O–H groups in total. The molecule has 1 rings (SSSR count). The number of amides is 1. The largest absolute Gasteiger partial charge is 0.392 e. The van der Waals surface area contributed by atoms with Crippen molar-refractivity contribution in [1.82, 2.24) is 0 Å². The highest BCUT2D eigenvalue weighted by Crippen LogP contribution is 2.26. The van der Waals surface area contributed by atoms with Gasteiger partial charge in [-0.2, -0.15) is 0 Å². The summed E-state index contributed by atoms with van der Waals surface area (Å²) in [6.45, 7) is 4.98. The van der Waals surface area contributed by atoms with Crippen LogP contribution in [0.15, 0.2) is 16.6 Å². The Morgan fingerprint density at radius 1 is 1.50 bits per heavy atom. The Morgan fingerprint density at radius 3 is 2.56 bits per heavy atom. The molecule has 0 spiro atoms. The number of benzene rings is 1. The minimum Gasteiger partial charge on any atom is -0.392 e. The van der Waals surface area contributed by atoms with Gasteiger partial charge in [-0.1, -0.05) is 12.2 Å². The fraction of sp³-hybridized carbons (Fsp3) is 0.333. The summed E-state index contributed by atoms with van der Waals surface area (Å²) in [7, 11) is 0. The molecule has 0 saturated carbocycles. The van der Waals surface area contributed by atoms with Crippen molar-refractivity contribution in [1.29, 1.82) is 0 Å². The van der Waals surface area contributed by atoms with Crippen LogP contribution in [0.25, 0.3) is 0 Å². The van der Waals surface area contributed by atoms with E-state index in [1.165, 1.54) is 12.1 Å². The Kier molecular flexibility index (Phi) is 4.45. The number of hydrogen-bond donors (Lipinski definition) is 2. The molecule has 1 aromatic carbocycles. The van der Waals surface area contributed by atoms with E-state index < -0.39 is 5.41 Å². The number of carbonyl (C=O) groups is 1. The maximum absolute atomic E-state index is 13.3. The van der Waals surface area contributed by atoms with Gasteiger partial charge in [-0.15, -0.1) is 0 Å². The van der Waals surface area contributed by atoms with E-state index in [9.17, 15) is 9.18 Å². The number of anilines is 1. The molecule has 0 aliphatic heterocycles. The molecule has 0 aliphatic carbocycles. The smallest absolute Gasteiger partial charge is 0.236 e. The molecule has 0 unspecified atom stereocenters. The predicted octanol–water partition coefficient (Wildman–Crippen LogP) is 3.15. The lowest BCUT2D eigenvalue weighted by molar-refractivity contribution is -0.121. The van der Waals surface area contributed by atoms with Gasteiger partial charge in [0.2, 0.25) is 5.91 Å². The number of aryl methyl sites for hydroxylation is 1. The van der Waals surface area contributed by atoms with Crippen molar-refractivity contribution in [2.45, 2.75) is 20.8 Å².